The first-order valence-electron chi connectivity index (χ1n) is 10.8. The molecular weight excluding hydrogens is 420 g/mol. The molecular formula is C26H24N2O5. The van der Waals surface area contributed by atoms with E-state index in [0.717, 1.165) is 5.56 Å². The van der Waals surface area contributed by atoms with Crippen LogP contribution >= 0.6 is 0 Å². The lowest BCUT2D eigenvalue weighted by Crippen LogP contribution is -2.56. The van der Waals surface area contributed by atoms with Gasteiger partial charge in [-0.2, -0.15) is 0 Å². The molecule has 0 unspecified atom stereocenters. The van der Waals surface area contributed by atoms with E-state index in [1.807, 2.05) is 78.9 Å². The van der Waals surface area contributed by atoms with Crippen LogP contribution in [0.5, 0.6) is 5.75 Å². The summed E-state index contributed by atoms with van der Waals surface area (Å²) in [6.07, 6.45) is -0.920. The Bertz CT molecular complexity index is 1190. The SMILES string of the molecule is COC(=O)[C@@H]1[C@@H]2c3ccccc3O[C@@H](c3ccccc3)[C@]2([N+](=O)[O-])[C@@H](c2ccccc2)N1C. The molecule has 2 heterocycles. The molecule has 0 aliphatic carbocycles. The number of hydrogen-bond donors (Lipinski definition) is 0. The van der Waals surface area contributed by atoms with Crippen LogP contribution in [0.15, 0.2) is 84.9 Å². The fraction of sp³-hybridized carbons (Fsp3) is 0.269. The number of nitrogens with zero attached hydrogens (tertiary/aromatic N) is 2. The van der Waals surface area contributed by atoms with Crippen molar-refractivity contribution in [2.45, 2.75) is 29.6 Å². The molecule has 1 fully saturated rings. The Morgan fingerprint density at radius 3 is 2.15 bits per heavy atom. The molecule has 2 aliphatic rings. The van der Waals surface area contributed by atoms with Crippen molar-refractivity contribution in [3.05, 3.63) is 112 Å². The number of fused-ring (bicyclic) bond motifs is 3. The number of carbonyl (C=O) groups is 1. The Kier molecular flexibility index (Phi) is 5.13. The number of methoxy groups -OCH3 is 1. The highest BCUT2D eigenvalue weighted by Crippen LogP contribution is 2.63. The number of nitro groups is 1. The normalized spacial score (nSPS) is 28.3. The fourth-order valence-electron chi connectivity index (χ4n) is 5.77. The topological polar surface area (TPSA) is 81.9 Å². The van der Waals surface area contributed by atoms with Gasteiger partial charge in [0.1, 0.15) is 17.8 Å². The quantitative estimate of drug-likeness (QED) is 0.342. The average Bonchev–Trinajstić information content (AvgIpc) is 3.14. The highest BCUT2D eigenvalue weighted by Gasteiger charge is 2.76. The Morgan fingerprint density at radius 2 is 1.55 bits per heavy atom. The minimum Gasteiger partial charge on any atom is -0.478 e. The Hall–Kier alpha value is -3.71. The van der Waals surface area contributed by atoms with E-state index in [1.54, 1.807) is 18.0 Å². The van der Waals surface area contributed by atoms with E-state index < -0.39 is 35.6 Å². The first kappa shape index (κ1) is 21.2. The van der Waals surface area contributed by atoms with Crippen molar-refractivity contribution in [2.75, 3.05) is 14.2 Å². The van der Waals surface area contributed by atoms with Gasteiger partial charge in [-0.05, 0) is 24.2 Å². The zero-order chi connectivity index (χ0) is 23.2. The molecule has 0 N–H and O–H groups in total. The standard InChI is InChI=1S/C26H24N2O5/c1-27-22(25(29)32-2)21-19-15-9-10-16-20(19)33-24(18-13-7-4-8-14-18)26(21,28(30)31)23(27)17-11-5-3-6-12-17/h3-16,21-24H,1-2H3/t21-,22-,23+,24-,26+/m0/s1. The van der Waals surface area contributed by atoms with Gasteiger partial charge in [0.2, 0.25) is 0 Å². The number of likely N-dealkylation sites (N-methyl/N-ethyl adjacent to an activating group) is 1. The number of likely N-dealkylation sites (tertiary alicyclic amines) is 1. The summed E-state index contributed by atoms with van der Waals surface area (Å²) < 4.78 is 11.6. The van der Waals surface area contributed by atoms with E-state index in [2.05, 4.69) is 0 Å². The Labute approximate surface area is 191 Å². The zero-order valence-corrected chi connectivity index (χ0v) is 18.3. The van der Waals surface area contributed by atoms with E-state index in [4.69, 9.17) is 9.47 Å². The molecule has 33 heavy (non-hydrogen) atoms. The van der Waals surface area contributed by atoms with Crippen LogP contribution in [-0.4, -0.2) is 41.5 Å². The van der Waals surface area contributed by atoms with Gasteiger partial charge in [0, 0.05) is 10.5 Å². The van der Waals surface area contributed by atoms with E-state index in [1.165, 1.54) is 7.11 Å². The van der Waals surface area contributed by atoms with Gasteiger partial charge < -0.3 is 9.47 Å². The summed E-state index contributed by atoms with van der Waals surface area (Å²) in [4.78, 5) is 28.0. The maximum atomic E-state index is 13.3. The predicted octanol–water partition coefficient (Wildman–Crippen LogP) is 4.15. The van der Waals surface area contributed by atoms with Crippen molar-refractivity contribution in [1.82, 2.24) is 4.90 Å². The summed E-state index contributed by atoms with van der Waals surface area (Å²) in [5.41, 5.74) is 0.401. The van der Waals surface area contributed by atoms with Crippen LogP contribution < -0.4 is 4.74 Å². The Morgan fingerprint density at radius 1 is 0.970 bits per heavy atom. The van der Waals surface area contributed by atoms with E-state index in [0.29, 0.717) is 16.9 Å². The fourth-order valence-corrected chi connectivity index (χ4v) is 5.77. The van der Waals surface area contributed by atoms with Crippen LogP contribution in [0.3, 0.4) is 0 Å². The van der Waals surface area contributed by atoms with Gasteiger partial charge >= 0.3 is 5.97 Å². The molecule has 3 aromatic carbocycles. The van der Waals surface area contributed by atoms with Crippen LogP contribution in [0.1, 0.15) is 34.8 Å². The summed E-state index contributed by atoms with van der Waals surface area (Å²) in [7, 11) is 3.08. The summed E-state index contributed by atoms with van der Waals surface area (Å²) in [5.74, 6) is -0.745. The molecule has 0 bridgehead atoms. The molecule has 7 nitrogen and oxygen atoms in total. The number of ether oxygens (including phenoxy) is 2. The van der Waals surface area contributed by atoms with Gasteiger partial charge in [-0.3, -0.25) is 19.8 Å². The minimum absolute atomic E-state index is 0.234. The largest absolute Gasteiger partial charge is 0.478 e. The molecule has 2 aliphatic heterocycles. The molecule has 3 aromatic rings. The maximum Gasteiger partial charge on any atom is 0.324 e. The minimum atomic E-state index is -1.68. The van der Waals surface area contributed by atoms with Crippen LogP contribution in [-0.2, 0) is 9.53 Å². The lowest BCUT2D eigenvalue weighted by molar-refractivity contribution is -0.592. The second-order valence-electron chi connectivity index (χ2n) is 8.52. The molecule has 1 saturated heterocycles. The van der Waals surface area contributed by atoms with Crippen LogP contribution in [0.4, 0.5) is 0 Å². The molecule has 7 heteroatoms. The summed E-state index contributed by atoms with van der Waals surface area (Å²) >= 11 is 0. The third-order valence-corrected chi connectivity index (χ3v) is 6.99. The average molecular weight is 444 g/mol. The lowest BCUT2D eigenvalue weighted by atomic mass is 9.67. The maximum absolute atomic E-state index is 13.3. The van der Waals surface area contributed by atoms with Gasteiger partial charge in [0.05, 0.1) is 13.0 Å². The van der Waals surface area contributed by atoms with Crippen LogP contribution in [0.25, 0.3) is 0 Å². The van der Waals surface area contributed by atoms with Crippen LogP contribution in [0, 0.1) is 10.1 Å². The second-order valence-corrected chi connectivity index (χ2v) is 8.52. The van der Waals surface area contributed by atoms with Crippen molar-refractivity contribution < 1.29 is 19.2 Å². The van der Waals surface area contributed by atoms with Crippen molar-refractivity contribution in [2.24, 2.45) is 0 Å². The molecule has 0 radical (unpaired) electrons. The number of carbonyl (C=O) groups excluding carboxylic acids is 1. The third kappa shape index (κ3) is 2.96. The molecule has 0 spiro atoms. The van der Waals surface area contributed by atoms with Crippen molar-refractivity contribution in [3.8, 4) is 5.75 Å². The molecule has 0 aromatic heterocycles. The van der Waals surface area contributed by atoms with Gasteiger partial charge in [-0.15, -0.1) is 0 Å². The first-order chi connectivity index (χ1) is 16.0. The van der Waals surface area contributed by atoms with Gasteiger partial charge in [-0.25, -0.2) is 0 Å². The molecule has 5 atom stereocenters. The molecule has 0 amide bonds. The van der Waals surface area contributed by atoms with Crippen molar-refractivity contribution in [1.29, 1.82) is 0 Å². The zero-order valence-electron chi connectivity index (χ0n) is 18.3. The highest BCUT2D eigenvalue weighted by atomic mass is 16.6. The summed E-state index contributed by atoms with van der Waals surface area (Å²) in [6, 6.07) is 24.2. The van der Waals surface area contributed by atoms with E-state index in [9.17, 15) is 14.9 Å². The summed E-state index contributed by atoms with van der Waals surface area (Å²) in [5, 5.41) is 13.3. The number of benzene rings is 3. The van der Waals surface area contributed by atoms with Crippen molar-refractivity contribution >= 4 is 5.97 Å². The van der Waals surface area contributed by atoms with E-state index >= 15 is 0 Å². The number of hydrogen-bond acceptors (Lipinski definition) is 6. The van der Waals surface area contributed by atoms with Crippen LogP contribution in [0.2, 0.25) is 0 Å². The highest BCUT2D eigenvalue weighted by molar-refractivity contribution is 5.79. The smallest absolute Gasteiger partial charge is 0.324 e. The van der Waals surface area contributed by atoms with Gasteiger partial charge in [-0.1, -0.05) is 78.9 Å². The first-order valence-corrected chi connectivity index (χ1v) is 10.8. The molecule has 5 rings (SSSR count). The predicted molar refractivity (Wildman–Crippen MR) is 121 cm³/mol. The molecule has 0 saturated carbocycles. The number of rotatable bonds is 4. The lowest BCUT2D eigenvalue weighted by Gasteiger charge is -2.42. The third-order valence-electron chi connectivity index (χ3n) is 6.99. The number of para-hydroxylation sites is 1. The monoisotopic (exact) mass is 444 g/mol. The van der Waals surface area contributed by atoms with E-state index in [-0.39, 0.29) is 4.92 Å². The summed E-state index contributed by atoms with van der Waals surface area (Å²) in [6.45, 7) is 0. The van der Waals surface area contributed by atoms with Gasteiger partial charge in [0.25, 0.3) is 5.54 Å². The molecule has 168 valence electrons. The van der Waals surface area contributed by atoms with Gasteiger partial charge in [0.15, 0.2) is 6.10 Å². The second kappa shape index (κ2) is 8.01. The number of esters is 1. The Balaban J connectivity index is 1.87. The van der Waals surface area contributed by atoms with Crippen molar-refractivity contribution in [3.63, 3.8) is 0 Å².